The Bertz CT molecular complexity index is 654. The zero-order valence-corrected chi connectivity index (χ0v) is 25.0. The van der Waals surface area contributed by atoms with Crippen molar-refractivity contribution in [3.8, 4) is 0 Å². The highest BCUT2D eigenvalue weighted by atomic mass is 14.9. The van der Waals surface area contributed by atoms with Gasteiger partial charge in [0.1, 0.15) is 5.82 Å². The molecule has 2 heteroatoms. The number of hydrogen-bond acceptors (Lipinski definition) is 2. The van der Waals surface area contributed by atoms with Crippen LogP contribution in [0, 0.1) is 23.7 Å². The number of aryl methyl sites for hydroxylation is 1. The fraction of sp³-hybridized carbons (Fsp3) is 0.886. The van der Waals surface area contributed by atoms with Gasteiger partial charge in [-0.15, -0.1) is 0 Å². The Balaban J connectivity index is 1.39. The molecule has 0 amide bonds. The molecule has 2 aliphatic rings. The van der Waals surface area contributed by atoms with E-state index in [1.807, 2.05) is 0 Å². The minimum atomic E-state index is 0.824. The third kappa shape index (κ3) is 12.2. The molecule has 0 radical (unpaired) electrons. The summed E-state index contributed by atoms with van der Waals surface area (Å²) in [4.78, 5) is 9.85. The van der Waals surface area contributed by atoms with Gasteiger partial charge in [0.2, 0.25) is 0 Å². The van der Waals surface area contributed by atoms with Crippen LogP contribution in [0.25, 0.3) is 0 Å². The Kier molecular flexibility index (Phi) is 15.9. The van der Waals surface area contributed by atoms with Crippen LogP contribution in [0.15, 0.2) is 12.4 Å². The maximum atomic E-state index is 4.93. The van der Waals surface area contributed by atoms with E-state index >= 15 is 0 Å². The average molecular weight is 511 g/mol. The second-order valence-corrected chi connectivity index (χ2v) is 13.0. The Morgan fingerprint density at radius 1 is 0.622 bits per heavy atom. The predicted octanol–water partition coefficient (Wildman–Crippen LogP) is 11.1. The first kappa shape index (κ1) is 30.6. The van der Waals surface area contributed by atoms with Crippen molar-refractivity contribution in [1.29, 1.82) is 0 Å². The van der Waals surface area contributed by atoms with Gasteiger partial charge in [-0.25, -0.2) is 9.97 Å². The molecule has 3 rings (SSSR count). The van der Waals surface area contributed by atoms with Gasteiger partial charge in [0.25, 0.3) is 0 Å². The molecule has 1 aromatic heterocycles. The third-order valence-corrected chi connectivity index (χ3v) is 9.96. The predicted molar refractivity (Wildman–Crippen MR) is 161 cm³/mol. The highest BCUT2D eigenvalue weighted by molar-refractivity contribution is 5.06. The van der Waals surface area contributed by atoms with Gasteiger partial charge < -0.3 is 0 Å². The van der Waals surface area contributed by atoms with Gasteiger partial charge in [-0.3, -0.25) is 0 Å². The molecule has 2 aliphatic carbocycles. The van der Waals surface area contributed by atoms with Crippen molar-refractivity contribution in [2.45, 2.75) is 174 Å². The van der Waals surface area contributed by atoms with Crippen molar-refractivity contribution in [3.63, 3.8) is 0 Å². The van der Waals surface area contributed by atoms with Gasteiger partial charge in [0, 0.05) is 18.8 Å². The first-order valence-corrected chi connectivity index (χ1v) is 17.1. The summed E-state index contributed by atoms with van der Waals surface area (Å²) in [6.07, 6.45) is 39.5. The monoisotopic (exact) mass is 510 g/mol. The SMILES string of the molecule is CCCCCCCCCCCCc1cnc(CC(C2CCCCC2)C2CCC(CCCCC)CC2)nc1. The van der Waals surface area contributed by atoms with Gasteiger partial charge in [-0.2, -0.15) is 0 Å². The molecule has 0 saturated heterocycles. The molecule has 2 fully saturated rings. The van der Waals surface area contributed by atoms with Crippen molar-refractivity contribution >= 4 is 0 Å². The van der Waals surface area contributed by atoms with Crippen LogP contribution >= 0.6 is 0 Å². The molecule has 0 bridgehead atoms. The van der Waals surface area contributed by atoms with Crippen LogP contribution in [0.4, 0.5) is 0 Å². The molecular weight excluding hydrogens is 448 g/mol. The van der Waals surface area contributed by atoms with Gasteiger partial charge in [0.05, 0.1) is 0 Å². The van der Waals surface area contributed by atoms with Crippen LogP contribution in [-0.4, -0.2) is 9.97 Å². The van der Waals surface area contributed by atoms with Crippen molar-refractivity contribution in [2.24, 2.45) is 23.7 Å². The number of nitrogens with zero attached hydrogens (tertiary/aromatic N) is 2. The number of aromatic nitrogens is 2. The fourth-order valence-electron chi connectivity index (χ4n) is 7.51. The summed E-state index contributed by atoms with van der Waals surface area (Å²) >= 11 is 0. The van der Waals surface area contributed by atoms with Crippen LogP contribution in [0.2, 0.25) is 0 Å². The van der Waals surface area contributed by atoms with Crippen molar-refractivity contribution in [3.05, 3.63) is 23.8 Å². The molecule has 0 N–H and O–H groups in total. The lowest BCUT2D eigenvalue weighted by Gasteiger charge is -2.39. The Labute approximate surface area is 231 Å². The molecule has 1 aromatic rings. The van der Waals surface area contributed by atoms with Crippen LogP contribution in [-0.2, 0) is 12.8 Å². The second-order valence-electron chi connectivity index (χ2n) is 13.0. The van der Waals surface area contributed by atoms with E-state index in [4.69, 9.17) is 9.97 Å². The molecule has 1 unspecified atom stereocenters. The molecule has 2 nitrogen and oxygen atoms in total. The number of rotatable bonds is 19. The summed E-state index contributed by atoms with van der Waals surface area (Å²) < 4.78 is 0. The van der Waals surface area contributed by atoms with E-state index in [9.17, 15) is 0 Å². The largest absolute Gasteiger partial charge is 0.241 e. The van der Waals surface area contributed by atoms with Gasteiger partial charge in [-0.1, -0.05) is 142 Å². The van der Waals surface area contributed by atoms with E-state index in [-0.39, 0.29) is 0 Å². The molecule has 1 heterocycles. The maximum absolute atomic E-state index is 4.93. The van der Waals surface area contributed by atoms with E-state index in [1.165, 1.54) is 153 Å². The first-order valence-electron chi connectivity index (χ1n) is 17.1. The van der Waals surface area contributed by atoms with Gasteiger partial charge in [-0.05, 0) is 54.9 Å². The summed E-state index contributed by atoms with van der Waals surface area (Å²) in [6.45, 7) is 4.63. The Hall–Kier alpha value is -0.920. The minimum Gasteiger partial charge on any atom is -0.241 e. The van der Waals surface area contributed by atoms with E-state index in [0.29, 0.717) is 0 Å². The van der Waals surface area contributed by atoms with Crippen LogP contribution < -0.4 is 0 Å². The molecule has 37 heavy (non-hydrogen) atoms. The zero-order valence-electron chi connectivity index (χ0n) is 25.0. The minimum absolute atomic E-state index is 0.824. The molecule has 1 atom stereocenters. The Morgan fingerprint density at radius 2 is 1.16 bits per heavy atom. The quantitative estimate of drug-likeness (QED) is 0.173. The average Bonchev–Trinajstić information content (AvgIpc) is 2.94. The van der Waals surface area contributed by atoms with E-state index in [2.05, 4.69) is 26.2 Å². The van der Waals surface area contributed by atoms with E-state index in [1.54, 1.807) is 0 Å². The van der Waals surface area contributed by atoms with E-state index in [0.717, 1.165) is 42.3 Å². The Morgan fingerprint density at radius 3 is 1.78 bits per heavy atom. The van der Waals surface area contributed by atoms with Gasteiger partial charge >= 0.3 is 0 Å². The first-order chi connectivity index (χ1) is 18.3. The van der Waals surface area contributed by atoms with Crippen molar-refractivity contribution in [1.82, 2.24) is 9.97 Å². The third-order valence-electron chi connectivity index (χ3n) is 9.96. The summed E-state index contributed by atoms with van der Waals surface area (Å²) in [6, 6.07) is 0. The van der Waals surface area contributed by atoms with Crippen LogP contribution in [0.3, 0.4) is 0 Å². The molecular formula is C35H62N2. The normalized spacial score (nSPS) is 21.8. The lowest BCUT2D eigenvalue weighted by atomic mass is 9.66. The lowest BCUT2D eigenvalue weighted by molar-refractivity contribution is 0.121. The van der Waals surface area contributed by atoms with Gasteiger partial charge in [0.15, 0.2) is 0 Å². The number of hydrogen-bond donors (Lipinski definition) is 0. The number of unbranched alkanes of at least 4 members (excludes halogenated alkanes) is 11. The molecule has 212 valence electrons. The maximum Gasteiger partial charge on any atom is 0.128 e. The fourth-order valence-corrected chi connectivity index (χ4v) is 7.51. The topological polar surface area (TPSA) is 25.8 Å². The molecule has 0 aliphatic heterocycles. The zero-order chi connectivity index (χ0) is 26.0. The smallest absolute Gasteiger partial charge is 0.128 e. The molecule has 2 saturated carbocycles. The molecule has 0 spiro atoms. The van der Waals surface area contributed by atoms with Crippen molar-refractivity contribution < 1.29 is 0 Å². The van der Waals surface area contributed by atoms with E-state index < -0.39 is 0 Å². The highest BCUT2D eigenvalue weighted by Crippen LogP contribution is 2.43. The second kappa shape index (κ2) is 19.2. The summed E-state index contributed by atoms with van der Waals surface area (Å²) in [5.41, 5.74) is 1.35. The summed E-state index contributed by atoms with van der Waals surface area (Å²) in [5.74, 6) is 4.80. The van der Waals surface area contributed by atoms with Crippen LogP contribution in [0.1, 0.15) is 173 Å². The lowest BCUT2D eigenvalue weighted by Crippen LogP contribution is -2.31. The summed E-state index contributed by atoms with van der Waals surface area (Å²) in [7, 11) is 0. The standard InChI is InChI=1S/C35H62N2/c1-3-5-7-8-9-10-11-12-13-16-20-31-28-36-35(37-29-31)27-34(32-21-17-14-18-22-32)33-25-23-30(24-26-33)19-15-6-4-2/h28-30,32-34H,3-27H2,1-2H3. The van der Waals surface area contributed by atoms with Crippen LogP contribution in [0.5, 0.6) is 0 Å². The molecule has 0 aromatic carbocycles. The summed E-state index contributed by atoms with van der Waals surface area (Å²) in [5, 5.41) is 0. The highest BCUT2D eigenvalue weighted by Gasteiger charge is 2.33. The van der Waals surface area contributed by atoms with Crippen molar-refractivity contribution in [2.75, 3.05) is 0 Å².